The van der Waals surface area contributed by atoms with Crippen LogP contribution in [0.25, 0.3) is 0 Å². The number of aliphatic hydroxyl groups excluding tert-OH is 1. The van der Waals surface area contributed by atoms with Gasteiger partial charge in [0.1, 0.15) is 11.6 Å². The van der Waals surface area contributed by atoms with Crippen LogP contribution in [0.2, 0.25) is 0 Å². The summed E-state index contributed by atoms with van der Waals surface area (Å²) in [6, 6.07) is 14.1. The van der Waals surface area contributed by atoms with Crippen LogP contribution < -0.4 is 15.4 Å². The number of benzene rings is 2. The molecule has 150 valence electrons. The normalized spacial score (nSPS) is 16.4. The largest absolute Gasteiger partial charge is 0.497 e. The molecular weight excluding hydrogens is 357 g/mol. The minimum Gasteiger partial charge on any atom is -0.497 e. The summed E-state index contributed by atoms with van der Waals surface area (Å²) in [6.07, 6.45) is 1.36. The molecule has 0 aliphatic heterocycles. The van der Waals surface area contributed by atoms with Crippen molar-refractivity contribution in [3.8, 4) is 5.75 Å². The lowest BCUT2D eigenvalue weighted by molar-refractivity contribution is 0.180. The molecule has 2 aromatic rings. The first-order chi connectivity index (χ1) is 13.6. The molecule has 1 atom stereocenters. The number of methoxy groups -OCH3 is 1. The molecular formula is C22H28FN3O2. The third-order valence-electron chi connectivity index (χ3n) is 5.14. The van der Waals surface area contributed by atoms with Crippen LogP contribution in [0.5, 0.6) is 5.75 Å². The maximum absolute atomic E-state index is 13.6. The Kier molecular flexibility index (Phi) is 6.52. The molecule has 5 nitrogen and oxygen atoms in total. The number of aliphatic hydroxyl groups is 1. The zero-order valence-electron chi connectivity index (χ0n) is 16.4. The van der Waals surface area contributed by atoms with Crippen LogP contribution in [0, 0.1) is 5.82 Å². The van der Waals surface area contributed by atoms with Crippen LogP contribution in [-0.4, -0.2) is 37.8 Å². The van der Waals surface area contributed by atoms with Crippen molar-refractivity contribution in [3.63, 3.8) is 0 Å². The first kappa shape index (κ1) is 20.1. The number of nitrogens with zero attached hydrogens (tertiary/aromatic N) is 1. The molecule has 0 bridgehead atoms. The molecule has 1 fully saturated rings. The van der Waals surface area contributed by atoms with Crippen LogP contribution >= 0.6 is 0 Å². The predicted molar refractivity (Wildman–Crippen MR) is 109 cm³/mol. The van der Waals surface area contributed by atoms with Crippen molar-refractivity contribution in [2.24, 2.45) is 4.99 Å². The average molecular weight is 385 g/mol. The summed E-state index contributed by atoms with van der Waals surface area (Å²) in [5, 5.41) is 16.8. The van der Waals surface area contributed by atoms with E-state index in [1.165, 1.54) is 6.07 Å². The lowest BCUT2D eigenvalue weighted by Crippen LogP contribution is -2.40. The molecule has 0 spiro atoms. The number of nitrogens with one attached hydrogen (secondary N) is 2. The smallest absolute Gasteiger partial charge is 0.191 e. The highest BCUT2D eigenvalue weighted by Crippen LogP contribution is 2.48. The van der Waals surface area contributed by atoms with E-state index in [4.69, 9.17) is 4.74 Å². The van der Waals surface area contributed by atoms with Crippen LogP contribution in [0.1, 0.15) is 37.0 Å². The van der Waals surface area contributed by atoms with Crippen molar-refractivity contribution >= 4 is 5.96 Å². The van der Waals surface area contributed by atoms with Crippen molar-refractivity contribution < 1.29 is 14.2 Å². The van der Waals surface area contributed by atoms with Gasteiger partial charge in [-0.3, -0.25) is 4.99 Å². The number of hydrogen-bond acceptors (Lipinski definition) is 3. The zero-order chi connectivity index (χ0) is 20.0. The van der Waals surface area contributed by atoms with Gasteiger partial charge in [0, 0.05) is 18.5 Å². The summed E-state index contributed by atoms with van der Waals surface area (Å²) in [5.41, 5.74) is 1.74. The van der Waals surface area contributed by atoms with Crippen LogP contribution in [0.4, 0.5) is 4.39 Å². The van der Waals surface area contributed by atoms with Crippen LogP contribution in [0.3, 0.4) is 0 Å². The van der Waals surface area contributed by atoms with E-state index in [9.17, 15) is 9.50 Å². The first-order valence-electron chi connectivity index (χ1n) is 9.66. The van der Waals surface area contributed by atoms with Crippen molar-refractivity contribution in [1.82, 2.24) is 10.6 Å². The second-order valence-corrected chi connectivity index (χ2v) is 7.16. The summed E-state index contributed by atoms with van der Waals surface area (Å²) >= 11 is 0. The first-order valence-corrected chi connectivity index (χ1v) is 9.66. The van der Waals surface area contributed by atoms with Crippen molar-refractivity contribution in [2.75, 3.05) is 26.7 Å². The van der Waals surface area contributed by atoms with Gasteiger partial charge >= 0.3 is 0 Å². The van der Waals surface area contributed by atoms with Crippen LogP contribution in [0.15, 0.2) is 53.5 Å². The number of guanidine groups is 1. The molecule has 1 aliphatic carbocycles. The number of rotatable bonds is 8. The Morgan fingerprint density at radius 1 is 1.21 bits per heavy atom. The fourth-order valence-electron chi connectivity index (χ4n) is 3.22. The fraction of sp³-hybridized carbons (Fsp3) is 0.409. The van der Waals surface area contributed by atoms with Gasteiger partial charge in [0.15, 0.2) is 5.96 Å². The lowest BCUT2D eigenvalue weighted by atomic mass is 9.96. The van der Waals surface area contributed by atoms with Gasteiger partial charge in [-0.05, 0) is 55.2 Å². The van der Waals surface area contributed by atoms with E-state index < -0.39 is 6.10 Å². The second-order valence-electron chi connectivity index (χ2n) is 7.16. The molecule has 28 heavy (non-hydrogen) atoms. The molecule has 0 radical (unpaired) electrons. The summed E-state index contributed by atoms with van der Waals surface area (Å²) in [7, 11) is 1.61. The summed E-state index contributed by atoms with van der Waals surface area (Å²) in [5.74, 6) is 1.20. The van der Waals surface area contributed by atoms with Gasteiger partial charge in [0.25, 0.3) is 0 Å². The zero-order valence-corrected chi connectivity index (χ0v) is 16.4. The van der Waals surface area contributed by atoms with Gasteiger partial charge in [0.05, 0.1) is 19.8 Å². The van der Waals surface area contributed by atoms with E-state index in [-0.39, 0.29) is 11.2 Å². The summed E-state index contributed by atoms with van der Waals surface area (Å²) in [4.78, 5) is 4.69. The standard InChI is InChI=1S/C22H28FN3O2/c1-3-24-21(25-14-20(27)16-7-9-19(28-2)10-8-16)26-15-22(11-12-22)17-5-4-6-18(23)13-17/h4-10,13,20,27H,3,11-12,14-15H2,1-2H3,(H2,24,25,26). The highest BCUT2D eigenvalue weighted by atomic mass is 19.1. The number of aliphatic imine (C=N–C) groups is 1. The Labute approximate surface area is 165 Å². The third kappa shape index (κ3) is 5.01. The van der Waals surface area contributed by atoms with Gasteiger partial charge in [-0.25, -0.2) is 4.39 Å². The molecule has 2 aromatic carbocycles. The average Bonchev–Trinajstić information content (AvgIpc) is 3.51. The van der Waals surface area contributed by atoms with Gasteiger partial charge in [-0.1, -0.05) is 24.3 Å². The minimum absolute atomic E-state index is 0.0704. The number of hydrogen-bond donors (Lipinski definition) is 3. The summed E-state index contributed by atoms with van der Waals surface area (Å²) < 4.78 is 18.7. The molecule has 1 saturated carbocycles. The molecule has 0 saturated heterocycles. The number of halogens is 1. The van der Waals surface area contributed by atoms with E-state index in [2.05, 4.69) is 15.6 Å². The quantitative estimate of drug-likeness (QED) is 0.482. The topological polar surface area (TPSA) is 65.9 Å². The number of ether oxygens (including phenoxy) is 1. The lowest BCUT2D eigenvalue weighted by Gasteiger charge is -2.18. The highest BCUT2D eigenvalue weighted by Gasteiger charge is 2.44. The van der Waals surface area contributed by atoms with Gasteiger partial charge < -0.3 is 20.5 Å². The third-order valence-corrected chi connectivity index (χ3v) is 5.14. The molecule has 0 heterocycles. The monoisotopic (exact) mass is 385 g/mol. The molecule has 0 aromatic heterocycles. The highest BCUT2D eigenvalue weighted by molar-refractivity contribution is 5.79. The second kappa shape index (κ2) is 9.06. The molecule has 6 heteroatoms. The predicted octanol–water partition coefficient (Wildman–Crippen LogP) is 3.15. The Hall–Kier alpha value is -2.60. The maximum Gasteiger partial charge on any atom is 0.191 e. The Bertz CT molecular complexity index is 804. The molecule has 0 amide bonds. The van der Waals surface area contributed by atoms with Gasteiger partial charge in [-0.15, -0.1) is 0 Å². The van der Waals surface area contributed by atoms with Crippen molar-refractivity contribution in [2.45, 2.75) is 31.3 Å². The van der Waals surface area contributed by atoms with Gasteiger partial charge in [0.2, 0.25) is 0 Å². The SMILES string of the molecule is CCNC(=NCC1(c2cccc(F)c2)CC1)NCC(O)c1ccc(OC)cc1. The molecule has 3 rings (SSSR count). The Morgan fingerprint density at radius 3 is 2.57 bits per heavy atom. The Balaban J connectivity index is 1.61. The van der Waals surface area contributed by atoms with E-state index in [0.717, 1.165) is 36.3 Å². The summed E-state index contributed by atoms with van der Waals surface area (Å²) in [6.45, 7) is 3.64. The van der Waals surface area contributed by atoms with Gasteiger partial charge in [-0.2, -0.15) is 0 Å². The van der Waals surface area contributed by atoms with Crippen molar-refractivity contribution in [3.05, 3.63) is 65.5 Å². The van der Waals surface area contributed by atoms with Crippen molar-refractivity contribution in [1.29, 1.82) is 0 Å². The van der Waals surface area contributed by atoms with E-state index in [0.29, 0.717) is 19.0 Å². The molecule has 1 aliphatic rings. The fourth-order valence-corrected chi connectivity index (χ4v) is 3.22. The van der Waals surface area contributed by atoms with E-state index in [1.807, 2.05) is 37.3 Å². The molecule has 3 N–H and O–H groups in total. The van der Waals surface area contributed by atoms with E-state index in [1.54, 1.807) is 19.2 Å². The minimum atomic E-state index is -0.659. The van der Waals surface area contributed by atoms with Crippen LogP contribution in [-0.2, 0) is 5.41 Å². The maximum atomic E-state index is 13.6. The van der Waals surface area contributed by atoms with E-state index >= 15 is 0 Å². The molecule has 1 unspecified atom stereocenters. The Morgan fingerprint density at radius 2 is 1.96 bits per heavy atom.